The summed E-state index contributed by atoms with van der Waals surface area (Å²) < 4.78 is 0. The maximum absolute atomic E-state index is 12.2. The number of guanidine groups is 1. The van der Waals surface area contributed by atoms with Gasteiger partial charge in [0.2, 0.25) is 5.91 Å². The van der Waals surface area contributed by atoms with Gasteiger partial charge < -0.3 is 15.5 Å². The molecule has 2 N–H and O–H groups in total. The van der Waals surface area contributed by atoms with E-state index in [1.54, 1.807) is 0 Å². The monoisotopic (exact) mass is 351 g/mol. The van der Waals surface area contributed by atoms with E-state index in [1.165, 1.54) is 32.4 Å². The number of hydrogen-bond acceptors (Lipinski definition) is 3. The third kappa shape index (κ3) is 6.84. The standard InChI is InChI=1S/C19H37N5O/c1-4-20-19(22-15-18(25)24-11-7-8-12-24)21-14-17(13-16(2)3)23-9-5-6-10-23/h16-17H,4-15H2,1-3H3,(H2,20,21,22). The van der Waals surface area contributed by atoms with Crippen LogP contribution in [-0.2, 0) is 4.79 Å². The summed E-state index contributed by atoms with van der Waals surface area (Å²) in [5, 5.41) is 6.75. The number of amides is 1. The van der Waals surface area contributed by atoms with Gasteiger partial charge >= 0.3 is 0 Å². The molecule has 0 spiro atoms. The fourth-order valence-electron chi connectivity index (χ4n) is 3.78. The molecule has 0 aromatic heterocycles. The van der Waals surface area contributed by atoms with E-state index >= 15 is 0 Å². The summed E-state index contributed by atoms with van der Waals surface area (Å²) in [4.78, 5) is 21.3. The molecule has 2 heterocycles. The van der Waals surface area contributed by atoms with Gasteiger partial charge in [-0.2, -0.15) is 0 Å². The lowest BCUT2D eigenvalue weighted by atomic mass is 10.0. The number of likely N-dealkylation sites (tertiary alicyclic amines) is 2. The van der Waals surface area contributed by atoms with Gasteiger partial charge in [0, 0.05) is 32.2 Å². The zero-order valence-electron chi connectivity index (χ0n) is 16.4. The Labute approximate surface area is 153 Å². The second-order valence-electron chi connectivity index (χ2n) is 7.69. The van der Waals surface area contributed by atoms with E-state index in [4.69, 9.17) is 0 Å². The first-order chi connectivity index (χ1) is 12.1. The highest BCUT2D eigenvalue weighted by Gasteiger charge is 2.23. The molecule has 2 aliphatic heterocycles. The van der Waals surface area contributed by atoms with Gasteiger partial charge in [-0.05, 0) is 58.0 Å². The molecule has 2 aliphatic rings. The van der Waals surface area contributed by atoms with Crippen molar-refractivity contribution in [3.8, 4) is 0 Å². The maximum Gasteiger partial charge on any atom is 0.244 e. The number of rotatable bonds is 8. The molecule has 0 radical (unpaired) electrons. The molecule has 2 saturated heterocycles. The molecule has 144 valence electrons. The minimum atomic E-state index is 0.146. The largest absolute Gasteiger partial charge is 0.357 e. The number of hydrogen-bond donors (Lipinski definition) is 2. The lowest BCUT2D eigenvalue weighted by Gasteiger charge is -2.29. The minimum absolute atomic E-state index is 0.146. The van der Waals surface area contributed by atoms with Gasteiger partial charge in [-0.3, -0.25) is 9.69 Å². The Morgan fingerprint density at radius 1 is 1.04 bits per heavy atom. The molecule has 0 aliphatic carbocycles. The summed E-state index contributed by atoms with van der Waals surface area (Å²) in [6, 6.07) is 0.542. The molecule has 2 fully saturated rings. The molecule has 1 atom stereocenters. The molecule has 0 saturated carbocycles. The van der Waals surface area contributed by atoms with E-state index in [0.717, 1.165) is 45.0 Å². The van der Waals surface area contributed by atoms with Crippen molar-refractivity contribution in [2.75, 3.05) is 45.8 Å². The van der Waals surface area contributed by atoms with E-state index in [1.807, 2.05) is 4.90 Å². The summed E-state index contributed by atoms with van der Waals surface area (Å²) in [7, 11) is 0. The molecule has 25 heavy (non-hydrogen) atoms. The quantitative estimate of drug-likeness (QED) is 0.516. The van der Waals surface area contributed by atoms with E-state index in [-0.39, 0.29) is 12.5 Å². The summed E-state index contributed by atoms with van der Waals surface area (Å²) in [6.45, 7) is 12.8. The van der Waals surface area contributed by atoms with E-state index < -0.39 is 0 Å². The van der Waals surface area contributed by atoms with Crippen LogP contribution in [0.3, 0.4) is 0 Å². The SMILES string of the molecule is CCNC(=NCC(=O)N1CCCC1)NCC(CC(C)C)N1CCCC1. The molecule has 0 aromatic rings. The molecule has 2 rings (SSSR count). The van der Waals surface area contributed by atoms with Gasteiger partial charge in [-0.1, -0.05) is 13.8 Å². The van der Waals surface area contributed by atoms with Crippen molar-refractivity contribution in [3.05, 3.63) is 0 Å². The fourth-order valence-corrected chi connectivity index (χ4v) is 3.78. The van der Waals surface area contributed by atoms with Crippen molar-refractivity contribution in [1.29, 1.82) is 0 Å². The average molecular weight is 352 g/mol. The van der Waals surface area contributed by atoms with Crippen LogP contribution in [-0.4, -0.2) is 73.5 Å². The second kappa shape index (κ2) is 10.6. The van der Waals surface area contributed by atoms with Crippen molar-refractivity contribution in [2.45, 2.75) is 58.9 Å². The van der Waals surface area contributed by atoms with Gasteiger partial charge in [-0.25, -0.2) is 4.99 Å². The molecular formula is C19H37N5O. The Kier molecular flexibility index (Phi) is 8.52. The van der Waals surface area contributed by atoms with Crippen LogP contribution in [0.1, 0.15) is 52.9 Å². The Balaban J connectivity index is 1.86. The summed E-state index contributed by atoms with van der Waals surface area (Å²) in [5.74, 6) is 1.60. The predicted molar refractivity (Wildman–Crippen MR) is 104 cm³/mol. The molecule has 0 aromatic carbocycles. The highest BCUT2D eigenvalue weighted by atomic mass is 16.2. The van der Waals surface area contributed by atoms with Crippen molar-refractivity contribution in [3.63, 3.8) is 0 Å². The number of nitrogens with zero attached hydrogens (tertiary/aromatic N) is 3. The van der Waals surface area contributed by atoms with Crippen molar-refractivity contribution >= 4 is 11.9 Å². The average Bonchev–Trinajstić information content (AvgIpc) is 3.28. The summed E-state index contributed by atoms with van der Waals surface area (Å²) in [6.07, 6.45) is 6.07. The first kappa shape index (κ1) is 20.0. The van der Waals surface area contributed by atoms with E-state index in [9.17, 15) is 4.79 Å². The van der Waals surface area contributed by atoms with Crippen LogP contribution in [0.2, 0.25) is 0 Å². The first-order valence-electron chi connectivity index (χ1n) is 10.1. The van der Waals surface area contributed by atoms with Gasteiger partial charge in [0.05, 0.1) is 0 Å². The zero-order chi connectivity index (χ0) is 18.1. The molecule has 1 unspecified atom stereocenters. The van der Waals surface area contributed by atoms with Gasteiger partial charge in [0.1, 0.15) is 6.54 Å². The van der Waals surface area contributed by atoms with Crippen LogP contribution in [0.5, 0.6) is 0 Å². The molecule has 6 heteroatoms. The van der Waals surface area contributed by atoms with Crippen molar-refractivity contribution < 1.29 is 4.79 Å². The van der Waals surface area contributed by atoms with Crippen LogP contribution >= 0.6 is 0 Å². The maximum atomic E-state index is 12.2. The lowest BCUT2D eigenvalue weighted by molar-refractivity contribution is -0.128. The molecule has 0 bridgehead atoms. The fraction of sp³-hybridized carbons (Fsp3) is 0.895. The van der Waals surface area contributed by atoms with Gasteiger partial charge in [0.15, 0.2) is 5.96 Å². The Hall–Kier alpha value is -1.30. The summed E-state index contributed by atoms with van der Waals surface area (Å²) >= 11 is 0. The number of carbonyl (C=O) groups excluding carboxylic acids is 1. The number of nitrogens with one attached hydrogen (secondary N) is 2. The van der Waals surface area contributed by atoms with Crippen LogP contribution in [0.15, 0.2) is 4.99 Å². The second-order valence-corrected chi connectivity index (χ2v) is 7.69. The Bertz CT molecular complexity index is 426. The number of aliphatic imine (C=N–C) groups is 1. The Morgan fingerprint density at radius 3 is 2.28 bits per heavy atom. The van der Waals surface area contributed by atoms with Gasteiger partial charge in [0.25, 0.3) is 0 Å². The van der Waals surface area contributed by atoms with Crippen LogP contribution in [0, 0.1) is 5.92 Å². The highest BCUT2D eigenvalue weighted by molar-refractivity contribution is 5.85. The number of carbonyl (C=O) groups is 1. The normalized spacial score (nSPS) is 20.3. The first-order valence-corrected chi connectivity index (χ1v) is 10.1. The Morgan fingerprint density at radius 2 is 1.68 bits per heavy atom. The van der Waals surface area contributed by atoms with Crippen molar-refractivity contribution in [1.82, 2.24) is 20.4 Å². The summed E-state index contributed by atoms with van der Waals surface area (Å²) in [5.41, 5.74) is 0. The predicted octanol–water partition coefficient (Wildman–Crippen LogP) is 1.67. The lowest BCUT2D eigenvalue weighted by Crippen LogP contribution is -2.47. The van der Waals surface area contributed by atoms with Crippen LogP contribution in [0.4, 0.5) is 0 Å². The van der Waals surface area contributed by atoms with Crippen LogP contribution in [0.25, 0.3) is 0 Å². The van der Waals surface area contributed by atoms with Gasteiger partial charge in [-0.15, -0.1) is 0 Å². The smallest absolute Gasteiger partial charge is 0.244 e. The molecule has 1 amide bonds. The third-order valence-corrected chi connectivity index (χ3v) is 5.08. The van der Waals surface area contributed by atoms with Crippen molar-refractivity contribution in [2.24, 2.45) is 10.9 Å². The van der Waals surface area contributed by atoms with E-state index in [0.29, 0.717) is 12.0 Å². The minimum Gasteiger partial charge on any atom is -0.357 e. The molecule has 6 nitrogen and oxygen atoms in total. The zero-order valence-corrected chi connectivity index (χ0v) is 16.4. The third-order valence-electron chi connectivity index (χ3n) is 5.08. The topological polar surface area (TPSA) is 60.0 Å². The van der Waals surface area contributed by atoms with Crippen LogP contribution < -0.4 is 10.6 Å². The highest BCUT2D eigenvalue weighted by Crippen LogP contribution is 2.17. The van der Waals surface area contributed by atoms with E-state index in [2.05, 4.69) is 41.3 Å². The molecular weight excluding hydrogens is 314 g/mol.